The molecule has 1 aromatic heterocycles. The quantitative estimate of drug-likeness (QED) is 0.741. The predicted molar refractivity (Wildman–Crippen MR) is 101 cm³/mol. The number of carbonyl (C=O) groups excluding carboxylic acids is 2. The predicted octanol–water partition coefficient (Wildman–Crippen LogP) is 2.05. The molecule has 0 spiro atoms. The van der Waals surface area contributed by atoms with E-state index in [-0.39, 0.29) is 42.1 Å². The molecule has 1 aromatic carbocycles. The van der Waals surface area contributed by atoms with E-state index in [0.717, 1.165) is 5.56 Å². The van der Waals surface area contributed by atoms with Gasteiger partial charge in [0.15, 0.2) is 0 Å². The third kappa shape index (κ3) is 4.03. The van der Waals surface area contributed by atoms with Crippen molar-refractivity contribution >= 4 is 11.8 Å². The van der Waals surface area contributed by atoms with Crippen LogP contribution in [0.1, 0.15) is 23.8 Å². The number of nitrogens with zero attached hydrogens (tertiary/aromatic N) is 3. The SMILES string of the molecule is COCC(=O)N1C[C@H]2CN(C(=O)CCc3ccno3)C[C@H]2[C@@H]1c1cccc(F)c1. The van der Waals surface area contributed by atoms with Gasteiger partial charge >= 0.3 is 0 Å². The Morgan fingerprint density at radius 3 is 2.83 bits per heavy atom. The second-order valence-electron chi connectivity index (χ2n) is 7.68. The number of ether oxygens (including phenoxy) is 1. The second kappa shape index (κ2) is 8.32. The minimum absolute atomic E-state index is 0.00885. The van der Waals surface area contributed by atoms with Gasteiger partial charge in [-0.05, 0) is 17.7 Å². The molecule has 3 atom stereocenters. The van der Waals surface area contributed by atoms with Gasteiger partial charge in [0, 0.05) is 57.5 Å². The average Bonchev–Trinajstić information content (AvgIpc) is 3.42. The molecule has 0 unspecified atom stereocenters. The van der Waals surface area contributed by atoms with E-state index in [1.165, 1.54) is 19.2 Å². The molecule has 2 aliphatic heterocycles. The lowest BCUT2D eigenvalue weighted by molar-refractivity contribution is -0.137. The number of carbonyl (C=O) groups is 2. The highest BCUT2D eigenvalue weighted by molar-refractivity contribution is 5.79. The number of fused-ring (bicyclic) bond motifs is 1. The summed E-state index contributed by atoms with van der Waals surface area (Å²) >= 11 is 0. The maximum Gasteiger partial charge on any atom is 0.249 e. The molecule has 2 aromatic rings. The minimum atomic E-state index is -0.330. The van der Waals surface area contributed by atoms with Crippen LogP contribution in [0.15, 0.2) is 41.1 Å². The fraction of sp³-hybridized carbons (Fsp3) is 0.476. The average molecular weight is 401 g/mol. The first-order valence-corrected chi connectivity index (χ1v) is 9.78. The highest BCUT2D eigenvalue weighted by Crippen LogP contribution is 2.45. The Labute approximate surface area is 168 Å². The van der Waals surface area contributed by atoms with Crippen molar-refractivity contribution in [1.29, 1.82) is 0 Å². The maximum absolute atomic E-state index is 13.9. The molecule has 7 nitrogen and oxygen atoms in total. The molecule has 8 heteroatoms. The summed E-state index contributed by atoms with van der Waals surface area (Å²) in [5, 5.41) is 3.66. The molecule has 29 heavy (non-hydrogen) atoms. The topological polar surface area (TPSA) is 75.9 Å². The Bertz CT molecular complexity index is 873. The number of benzene rings is 1. The van der Waals surface area contributed by atoms with Gasteiger partial charge in [0.1, 0.15) is 18.2 Å². The summed E-state index contributed by atoms with van der Waals surface area (Å²) in [5.74, 6) is 0.544. The lowest BCUT2D eigenvalue weighted by Crippen LogP contribution is -2.39. The van der Waals surface area contributed by atoms with Crippen LogP contribution in [0.25, 0.3) is 0 Å². The molecule has 4 rings (SSSR count). The van der Waals surface area contributed by atoms with E-state index in [2.05, 4.69) is 5.16 Å². The van der Waals surface area contributed by atoms with E-state index >= 15 is 0 Å². The van der Waals surface area contributed by atoms with E-state index in [1.54, 1.807) is 23.2 Å². The number of aryl methyl sites for hydroxylation is 1. The summed E-state index contributed by atoms with van der Waals surface area (Å²) in [6.45, 7) is 1.69. The van der Waals surface area contributed by atoms with Gasteiger partial charge in [0.05, 0.1) is 12.2 Å². The van der Waals surface area contributed by atoms with Crippen LogP contribution in [0.4, 0.5) is 4.39 Å². The van der Waals surface area contributed by atoms with Crippen LogP contribution in [0.5, 0.6) is 0 Å². The molecule has 0 radical (unpaired) electrons. The Morgan fingerprint density at radius 2 is 2.10 bits per heavy atom. The zero-order chi connectivity index (χ0) is 20.4. The Balaban J connectivity index is 1.49. The summed E-state index contributed by atoms with van der Waals surface area (Å²) in [5.41, 5.74) is 0.762. The van der Waals surface area contributed by atoms with Crippen LogP contribution in [0, 0.1) is 17.7 Å². The smallest absolute Gasteiger partial charge is 0.249 e. The van der Waals surface area contributed by atoms with Gasteiger partial charge in [-0.25, -0.2) is 4.39 Å². The number of amides is 2. The van der Waals surface area contributed by atoms with Crippen LogP contribution in [-0.4, -0.2) is 60.1 Å². The van der Waals surface area contributed by atoms with Gasteiger partial charge in [0.2, 0.25) is 11.8 Å². The van der Waals surface area contributed by atoms with Crippen LogP contribution in [-0.2, 0) is 20.7 Å². The second-order valence-corrected chi connectivity index (χ2v) is 7.68. The molecule has 0 N–H and O–H groups in total. The van der Waals surface area contributed by atoms with Gasteiger partial charge in [0.25, 0.3) is 0 Å². The molecular weight excluding hydrogens is 377 g/mol. The zero-order valence-corrected chi connectivity index (χ0v) is 16.3. The first-order valence-electron chi connectivity index (χ1n) is 9.78. The summed E-state index contributed by atoms with van der Waals surface area (Å²) in [7, 11) is 1.49. The van der Waals surface area contributed by atoms with Crippen LogP contribution in [0.3, 0.4) is 0 Å². The fourth-order valence-corrected chi connectivity index (χ4v) is 4.59. The molecule has 2 fully saturated rings. The fourth-order valence-electron chi connectivity index (χ4n) is 4.59. The lowest BCUT2D eigenvalue weighted by atomic mass is 9.89. The number of hydrogen-bond donors (Lipinski definition) is 0. The molecule has 2 amide bonds. The molecule has 2 saturated heterocycles. The summed E-state index contributed by atoms with van der Waals surface area (Å²) in [4.78, 5) is 28.9. The first kappa shape index (κ1) is 19.6. The zero-order valence-electron chi connectivity index (χ0n) is 16.3. The van der Waals surface area contributed by atoms with Crippen LogP contribution < -0.4 is 0 Å². The van der Waals surface area contributed by atoms with Crippen molar-refractivity contribution in [3.05, 3.63) is 53.7 Å². The van der Waals surface area contributed by atoms with Gasteiger partial charge in [-0.1, -0.05) is 17.3 Å². The lowest BCUT2D eigenvalue weighted by Gasteiger charge is -2.30. The van der Waals surface area contributed by atoms with Crippen molar-refractivity contribution in [2.45, 2.75) is 18.9 Å². The normalized spacial score (nSPS) is 23.4. The van der Waals surface area contributed by atoms with Crippen LogP contribution >= 0.6 is 0 Å². The molecule has 0 bridgehead atoms. The molecule has 3 heterocycles. The van der Waals surface area contributed by atoms with E-state index in [9.17, 15) is 14.0 Å². The number of halogens is 1. The van der Waals surface area contributed by atoms with Crippen molar-refractivity contribution in [3.8, 4) is 0 Å². The van der Waals surface area contributed by atoms with Crippen molar-refractivity contribution in [3.63, 3.8) is 0 Å². The van der Waals surface area contributed by atoms with Crippen molar-refractivity contribution in [2.24, 2.45) is 11.8 Å². The van der Waals surface area contributed by atoms with Gasteiger partial charge < -0.3 is 19.1 Å². The van der Waals surface area contributed by atoms with E-state index in [0.29, 0.717) is 38.2 Å². The van der Waals surface area contributed by atoms with E-state index < -0.39 is 0 Å². The number of hydrogen-bond acceptors (Lipinski definition) is 5. The molecule has 0 saturated carbocycles. The third-order valence-corrected chi connectivity index (χ3v) is 5.87. The summed E-state index contributed by atoms with van der Waals surface area (Å²) < 4.78 is 24.0. The standard InChI is InChI=1S/C21H24FN3O4/c1-28-13-20(27)25-11-15-10-24(19(26)6-5-17-7-8-23-29-17)12-18(15)21(25)14-3-2-4-16(22)9-14/h2-4,7-9,15,18,21H,5-6,10-13H2,1H3/t15-,18-,21+/m1/s1. The largest absolute Gasteiger partial charge is 0.375 e. The van der Waals surface area contributed by atoms with Gasteiger partial charge in [-0.3, -0.25) is 9.59 Å². The number of rotatable bonds is 6. The first-order chi connectivity index (χ1) is 14.1. The highest BCUT2D eigenvalue weighted by Gasteiger charge is 2.49. The molecule has 0 aliphatic carbocycles. The minimum Gasteiger partial charge on any atom is -0.375 e. The van der Waals surface area contributed by atoms with Crippen molar-refractivity contribution in [2.75, 3.05) is 33.4 Å². The van der Waals surface area contributed by atoms with Crippen molar-refractivity contribution < 1.29 is 23.2 Å². The van der Waals surface area contributed by atoms with Gasteiger partial charge in [-0.2, -0.15) is 0 Å². The third-order valence-electron chi connectivity index (χ3n) is 5.87. The Hall–Kier alpha value is -2.74. The maximum atomic E-state index is 13.9. The van der Waals surface area contributed by atoms with Gasteiger partial charge in [-0.15, -0.1) is 0 Å². The van der Waals surface area contributed by atoms with Crippen molar-refractivity contribution in [1.82, 2.24) is 15.0 Å². The number of aromatic nitrogens is 1. The number of methoxy groups -OCH3 is 1. The highest BCUT2D eigenvalue weighted by atomic mass is 19.1. The Kier molecular flexibility index (Phi) is 5.62. The molecular formula is C21H24FN3O4. The summed E-state index contributed by atoms with van der Waals surface area (Å²) in [6, 6.07) is 7.87. The number of likely N-dealkylation sites (tertiary alicyclic amines) is 2. The van der Waals surface area contributed by atoms with Crippen LogP contribution in [0.2, 0.25) is 0 Å². The van der Waals surface area contributed by atoms with E-state index in [1.807, 2.05) is 11.0 Å². The molecule has 2 aliphatic rings. The Morgan fingerprint density at radius 1 is 1.24 bits per heavy atom. The summed E-state index contributed by atoms with van der Waals surface area (Å²) in [6.07, 6.45) is 2.43. The van der Waals surface area contributed by atoms with E-state index in [4.69, 9.17) is 9.26 Å². The molecule has 154 valence electrons. The monoisotopic (exact) mass is 401 g/mol.